The Balaban J connectivity index is 1.95. The van der Waals surface area contributed by atoms with Crippen LogP contribution in [0.25, 0.3) is 0 Å². The van der Waals surface area contributed by atoms with Crippen molar-refractivity contribution in [2.75, 3.05) is 5.43 Å². The highest BCUT2D eigenvalue weighted by atomic mass is 32.1. The van der Waals surface area contributed by atoms with E-state index >= 15 is 0 Å². The van der Waals surface area contributed by atoms with Gasteiger partial charge in [-0.25, -0.2) is 4.98 Å². The highest BCUT2D eigenvalue weighted by Crippen LogP contribution is 2.06. The molecule has 2 heterocycles. The van der Waals surface area contributed by atoms with E-state index in [-0.39, 0.29) is 5.91 Å². The van der Waals surface area contributed by atoms with Crippen LogP contribution in [0, 0.1) is 0 Å². The maximum Gasteiger partial charge on any atom is 0.270 e. The van der Waals surface area contributed by atoms with Gasteiger partial charge >= 0.3 is 0 Å². The molecular weight excluding hydrogens is 238 g/mol. The van der Waals surface area contributed by atoms with Gasteiger partial charge in [-0.1, -0.05) is 0 Å². The van der Waals surface area contributed by atoms with E-state index in [0.717, 1.165) is 4.88 Å². The molecule has 0 aromatic carbocycles. The second-order valence-electron chi connectivity index (χ2n) is 3.23. The summed E-state index contributed by atoms with van der Waals surface area (Å²) in [6.07, 6.45) is 3.22. The van der Waals surface area contributed by atoms with E-state index in [9.17, 15) is 4.79 Å². The fraction of sp³-hybridized carbons (Fsp3) is 0.100. The van der Waals surface area contributed by atoms with Gasteiger partial charge in [0.1, 0.15) is 5.69 Å². The van der Waals surface area contributed by atoms with E-state index < -0.39 is 0 Å². The van der Waals surface area contributed by atoms with Crippen LogP contribution in [0.1, 0.15) is 15.4 Å². The molecule has 6 nitrogen and oxygen atoms in total. The molecule has 0 fully saturated rings. The van der Waals surface area contributed by atoms with Crippen molar-refractivity contribution in [2.24, 2.45) is 5.84 Å². The van der Waals surface area contributed by atoms with Crippen molar-refractivity contribution >= 4 is 22.9 Å². The van der Waals surface area contributed by atoms with Crippen LogP contribution in [0.5, 0.6) is 0 Å². The minimum absolute atomic E-state index is 0.220. The Morgan fingerprint density at radius 3 is 2.88 bits per heavy atom. The SMILES string of the molecule is NNc1ccc(C(=O)NCc2cncs2)nc1. The monoisotopic (exact) mass is 249 g/mol. The molecule has 0 saturated heterocycles. The molecular formula is C10H11N5OS. The number of anilines is 1. The van der Waals surface area contributed by atoms with Crippen LogP contribution in [0.3, 0.4) is 0 Å². The van der Waals surface area contributed by atoms with Gasteiger partial charge in [-0.05, 0) is 12.1 Å². The molecule has 0 bridgehead atoms. The zero-order valence-corrected chi connectivity index (χ0v) is 9.70. The Bertz CT molecular complexity index is 482. The maximum absolute atomic E-state index is 11.7. The minimum atomic E-state index is -0.220. The lowest BCUT2D eigenvalue weighted by Gasteiger charge is -2.03. The van der Waals surface area contributed by atoms with E-state index in [1.807, 2.05) is 0 Å². The molecule has 0 radical (unpaired) electrons. The van der Waals surface area contributed by atoms with Crippen LogP contribution in [0.15, 0.2) is 30.0 Å². The van der Waals surface area contributed by atoms with Gasteiger partial charge in [0, 0.05) is 11.1 Å². The largest absolute Gasteiger partial charge is 0.346 e. The molecule has 0 unspecified atom stereocenters. The summed E-state index contributed by atoms with van der Waals surface area (Å²) >= 11 is 1.49. The number of nitrogens with one attached hydrogen (secondary N) is 2. The number of amides is 1. The average Bonchev–Trinajstić information content (AvgIpc) is 2.89. The second kappa shape index (κ2) is 5.37. The van der Waals surface area contributed by atoms with Crippen LogP contribution in [-0.2, 0) is 6.54 Å². The molecule has 2 rings (SSSR count). The van der Waals surface area contributed by atoms with E-state index in [2.05, 4.69) is 20.7 Å². The van der Waals surface area contributed by atoms with Gasteiger partial charge in [-0.3, -0.25) is 15.6 Å². The quantitative estimate of drug-likeness (QED) is 0.549. The normalized spacial score (nSPS) is 9.94. The number of nitrogen functional groups attached to an aromatic ring is 1. The van der Waals surface area contributed by atoms with E-state index in [1.165, 1.54) is 17.5 Å². The van der Waals surface area contributed by atoms with Crippen LogP contribution < -0.4 is 16.6 Å². The summed E-state index contributed by atoms with van der Waals surface area (Å²) in [5.41, 5.74) is 5.18. The van der Waals surface area contributed by atoms with Crippen LogP contribution >= 0.6 is 11.3 Å². The highest BCUT2D eigenvalue weighted by Gasteiger charge is 2.06. The molecule has 4 N–H and O–H groups in total. The standard InChI is InChI=1S/C10H11N5OS/c11-15-7-1-2-9(13-3-7)10(16)14-5-8-4-12-6-17-8/h1-4,6,15H,5,11H2,(H,14,16). The third-order valence-electron chi connectivity index (χ3n) is 2.07. The first kappa shape index (κ1) is 11.5. The average molecular weight is 249 g/mol. The van der Waals surface area contributed by atoms with Gasteiger partial charge in [-0.2, -0.15) is 0 Å². The summed E-state index contributed by atoms with van der Waals surface area (Å²) in [6.45, 7) is 0.460. The minimum Gasteiger partial charge on any atom is -0.346 e. The summed E-state index contributed by atoms with van der Waals surface area (Å²) in [4.78, 5) is 20.6. The zero-order valence-electron chi connectivity index (χ0n) is 8.88. The third kappa shape index (κ3) is 2.99. The van der Waals surface area contributed by atoms with Gasteiger partial charge in [0.15, 0.2) is 0 Å². The summed E-state index contributed by atoms with van der Waals surface area (Å²) in [5.74, 6) is 4.98. The van der Waals surface area contributed by atoms with Gasteiger partial charge in [0.2, 0.25) is 0 Å². The molecule has 2 aromatic heterocycles. The van der Waals surface area contributed by atoms with E-state index in [1.54, 1.807) is 23.8 Å². The van der Waals surface area contributed by atoms with Crippen LogP contribution in [0.2, 0.25) is 0 Å². The fourth-order valence-corrected chi connectivity index (χ4v) is 1.74. The van der Waals surface area contributed by atoms with Crippen LogP contribution in [0.4, 0.5) is 5.69 Å². The molecule has 0 atom stereocenters. The zero-order chi connectivity index (χ0) is 12.1. The molecule has 0 aliphatic carbocycles. The van der Waals surface area contributed by atoms with Gasteiger partial charge < -0.3 is 10.7 Å². The number of pyridine rings is 1. The van der Waals surface area contributed by atoms with Crippen molar-refractivity contribution in [1.82, 2.24) is 15.3 Å². The summed E-state index contributed by atoms with van der Waals surface area (Å²) < 4.78 is 0. The van der Waals surface area contributed by atoms with Crippen LogP contribution in [-0.4, -0.2) is 15.9 Å². The smallest absolute Gasteiger partial charge is 0.270 e. The second-order valence-corrected chi connectivity index (χ2v) is 4.20. The third-order valence-corrected chi connectivity index (χ3v) is 2.85. The first-order chi connectivity index (χ1) is 8.29. The van der Waals surface area contributed by atoms with E-state index in [4.69, 9.17) is 5.84 Å². The molecule has 0 saturated carbocycles. The number of rotatable bonds is 4. The maximum atomic E-state index is 11.7. The molecule has 1 amide bonds. The summed E-state index contributed by atoms with van der Waals surface area (Å²) in [6, 6.07) is 3.30. The lowest BCUT2D eigenvalue weighted by atomic mass is 10.3. The number of carbonyl (C=O) groups excluding carboxylic acids is 1. The number of nitrogens with zero attached hydrogens (tertiary/aromatic N) is 2. The molecule has 0 aliphatic rings. The van der Waals surface area contributed by atoms with Crippen molar-refractivity contribution in [2.45, 2.75) is 6.54 Å². The molecule has 2 aromatic rings. The van der Waals surface area contributed by atoms with Gasteiger partial charge in [-0.15, -0.1) is 11.3 Å². The highest BCUT2D eigenvalue weighted by molar-refractivity contribution is 7.09. The number of hydrazine groups is 1. The van der Waals surface area contributed by atoms with Crippen molar-refractivity contribution in [1.29, 1.82) is 0 Å². The molecule has 0 aliphatic heterocycles. The number of nitrogens with two attached hydrogens (primary N) is 1. The Hall–Kier alpha value is -1.99. The van der Waals surface area contributed by atoms with Crippen molar-refractivity contribution in [3.63, 3.8) is 0 Å². The fourth-order valence-electron chi connectivity index (χ4n) is 1.20. The number of hydrogen-bond donors (Lipinski definition) is 3. The Morgan fingerprint density at radius 2 is 2.29 bits per heavy atom. The topological polar surface area (TPSA) is 92.9 Å². The number of aromatic nitrogens is 2. The van der Waals surface area contributed by atoms with E-state index in [0.29, 0.717) is 17.9 Å². The predicted molar refractivity (Wildman–Crippen MR) is 65.3 cm³/mol. The summed E-state index contributed by atoms with van der Waals surface area (Å²) in [7, 11) is 0. The first-order valence-corrected chi connectivity index (χ1v) is 5.76. The van der Waals surface area contributed by atoms with Gasteiger partial charge in [0.25, 0.3) is 5.91 Å². The Morgan fingerprint density at radius 1 is 1.41 bits per heavy atom. The number of thiazole rings is 1. The Kier molecular flexibility index (Phi) is 3.63. The van der Waals surface area contributed by atoms with Gasteiger partial charge in [0.05, 0.1) is 23.9 Å². The molecule has 17 heavy (non-hydrogen) atoms. The molecule has 88 valence electrons. The van der Waals surface area contributed by atoms with Crippen molar-refractivity contribution in [3.05, 3.63) is 40.6 Å². The van der Waals surface area contributed by atoms with Crippen molar-refractivity contribution in [3.8, 4) is 0 Å². The number of hydrogen-bond acceptors (Lipinski definition) is 6. The summed E-state index contributed by atoms with van der Waals surface area (Å²) in [5, 5.41) is 2.76. The van der Waals surface area contributed by atoms with Crippen molar-refractivity contribution < 1.29 is 4.79 Å². The Labute approximate surface area is 102 Å². The molecule has 0 spiro atoms. The number of carbonyl (C=O) groups is 1. The predicted octanol–water partition coefficient (Wildman–Crippen LogP) is 0.754. The lowest BCUT2D eigenvalue weighted by molar-refractivity contribution is 0.0946. The lowest BCUT2D eigenvalue weighted by Crippen LogP contribution is -2.23. The molecule has 7 heteroatoms. The first-order valence-electron chi connectivity index (χ1n) is 4.88.